The lowest BCUT2D eigenvalue weighted by atomic mass is 10.0. The van der Waals surface area contributed by atoms with E-state index in [-0.39, 0.29) is 5.91 Å². The van der Waals surface area contributed by atoms with Gasteiger partial charge in [0.15, 0.2) is 0 Å². The van der Waals surface area contributed by atoms with E-state index in [1.807, 2.05) is 17.0 Å². The summed E-state index contributed by atoms with van der Waals surface area (Å²) in [6, 6.07) is 8.17. The van der Waals surface area contributed by atoms with E-state index in [1.54, 1.807) is 0 Å². The van der Waals surface area contributed by atoms with Crippen LogP contribution >= 0.6 is 0 Å². The van der Waals surface area contributed by atoms with E-state index in [1.165, 1.54) is 37.9 Å². The van der Waals surface area contributed by atoms with Crippen LogP contribution in [0.2, 0.25) is 0 Å². The Morgan fingerprint density at radius 3 is 2.70 bits per heavy atom. The van der Waals surface area contributed by atoms with E-state index in [0.29, 0.717) is 32.9 Å². The number of benzene rings is 1. The minimum Gasteiger partial charge on any atom is -0.377 e. The Hall–Kier alpha value is -1.47. The summed E-state index contributed by atoms with van der Waals surface area (Å²) in [5.41, 5.74) is 1.63. The molecule has 0 aromatic heterocycles. The molecule has 3 fully saturated rings. The minimum absolute atomic E-state index is 0.0893. The van der Waals surface area contributed by atoms with E-state index in [0.717, 1.165) is 25.2 Å². The van der Waals surface area contributed by atoms with Crippen molar-refractivity contribution in [2.45, 2.75) is 31.4 Å². The number of carbonyl (C=O) groups is 1. The van der Waals surface area contributed by atoms with Gasteiger partial charge in [0, 0.05) is 31.7 Å². The van der Waals surface area contributed by atoms with Crippen molar-refractivity contribution in [3.05, 3.63) is 35.4 Å². The number of carbonyl (C=O) groups excluding carboxylic acids is 1. The second kappa shape index (κ2) is 8.69. The molecule has 27 heavy (non-hydrogen) atoms. The molecule has 3 saturated heterocycles. The van der Waals surface area contributed by atoms with Crippen molar-refractivity contribution in [2.75, 3.05) is 59.1 Å². The number of amides is 1. The zero-order valence-electron chi connectivity index (χ0n) is 16.1. The fourth-order valence-electron chi connectivity index (χ4n) is 4.29. The zero-order valence-corrected chi connectivity index (χ0v) is 16.1. The third-order valence-electron chi connectivity index (χ3n) is 5.83. The van der Waals surface area contributed by atoms with E-state index >= 15 is 0 Å². The summed E-state index contributed by atoms with van der Waals surface area (Å²) in [7, 11) is 0. The van der Waals surface area contributed by atoms with Crippen molar-refractivity contribution in [1.82, 2.24) is 15.1 Å². The van der Waals surface area contributed by atoms with Crippen molar-refractivity contribution in [1.29, 1.82) is 0 Å². The highest BCUT2D eigenvalue weighted by Gasteiger charge is 2.39. The summed E-state index contributed by atoms with van der Waals surface area (Å²) in [6.45, 7) is 7.92. The molecule has 0 bridgehead atoms. The first-order valence-electron chi connectivity index (χ1n) is 10.3. The SMILES string of the molecule is O=C(c1ccc(CN2CCCCC2)cc1)N1CCOC2(CNCCOC2)C1. The standard InChI is InChI=1S/C21H31N3O3/c25-20(24-11-13-27-21(16-24)15-22-8-12-26-17-21)19-6-4-18(5-7-19)14-23-9-2-1-3-10-23/h4-7,22H,1-3,8-17H2. The molecule has 1 amide bonds. The molecule has 0 aliphatic carbocycles. The molecule has 4 rings (SSSR count). The van der Waals surface area contributed by atoms with Gasteiger partial charge in [0.05, 0.1) is 26.4 Å². The highest BCUT2D eigenvalue weighted by atomic mass is 16.5. The fraction of sp³-hybridized carbons (Fsp3) is 0.667. The number of ether oxygens (including phenoxy) is 2. The summed E-state index contributed by atoms with van der Waals surface area (Å²) in [5.74, 6) is 0.0893. The maximum Gasteiger partial charge on any atom is 0.254 e. The van der Waals surface area contributed by atoms with Crippen molar-refractivity contribution in [3.8, 4) is 0 Å². The summed E-state index contributed by atoms with van der Waals surface area (Å²) >= 11 is 0. The smallest absolute Gasteiger partial charge is 0.254 e. The van der Waals surface area contributed by atoms with Crippen molar-refractivity contribution in [3.63, 3.8) is 0 Å². The number of piperidine rings is 1. The molecule has 1 N–H and O–H groups in total. The van der Waals surface area contributed by atoms with Crippen LogP contribution in [0.15, 0.2) is 24.3 Å². The highest BCUT2D eigenvalue weighted by Crippen LogP contribution is 2.22. The minimum atomic E-state index is -0.418. The maximum atomic E-state index is 13.0. The molecular formula is C21H31N3O3. The Kier molecular flexibility index (Phi) is 6.08. The van der Waals surface area contributed by atoms with Gasteiger partial charge in [-0.25, -0.2) is 0 Å². The van der Waals surface area contributed by atoms with Crippen LogP contribution in [-0.2, 0) is 16.0 Å². The number of likely N-dealkylation sites (tertiary alicyclic amines) is 1. The van der Waals surface area contributed by atoms with Gasteiger partial charge in [-0.05, 0) is 43.6 Å². The monoisotopic (exact) mass is 373 g/mol. The molecule has 6 nitrogen and oxygen atoms in total. The first-order chi connectivity index (χ1) is 13.2. The average Bonchev–Trinajstić information content (AvgIpc) is 2.94. The summed E-state index contributed by atoms with van der Waals surface area (Å²) in [6.07, 6.45) is 3.95. The largest absolute Gasteiger partial charge is 0.377 e. The van der Waals surface area contributed by atoms with E-state index < -0.39 is 5.60 Å². The second-order valence-corrected chi connectivity index (χ2v) is 8.02. The molecular weight excluding hydrogens is 342 g/mol. The average molecular weight is 373 g/mol. The number of rotatable bonds is 3. The molecule has 3 aliphatic rings. The van der Waals surface area contributed by atoms with Gasteiger partial charge in [-0.2, -0.15) is 0 Å². The summed E-state index contributed by atoms with van der Waals surface area (Å²) in [4.78, 5) is 17.4. The number of hydrogen-bond donors (Lipinski definition) is 1. The van der Waals surface area contributed by atoms with Crippen LogP contribution in [0.1, 0.15) is 35.2 Å². The predicted octanol–water partition coefficient (Wildman–Crippen LogP) is 1.50. The Labute approximate surface area is 161 Å². The molecule has 0 radical (unpaired) electrons. The molecule has 0 saturated carbocycles. The second-order valence-electron chi connectivity index (χ2n) is 8.02. The van der Waals surface area contributed by atoms with E-state index in [9.17, 15) is 4.79 Å². The Bertz CT molecular complexity index is 620. The van der Waals surface area contributed by atoms with Gasteiger partial charge in [-0.3, -0.25) is 9.69 Å². The predicted molar refractivity (Wildman–Crippen MR) is 104 cm³/mol. The zero-order chi connectivity index (χ0) is 18.5. The molecule has 6 heteroatoms. The van der Waals surface area contributed by atoms with Gasteiger partial charge in [0.1, 0.15) is 5.60 Å². The van der Waals surface area contributed by atoms with Gasteiger partial charge < -0.3 is 19.7 Å². The van der Waals surface area contributed by atoms with Gasteiger partial charge in [0.2, 0.25) is 0 Å². The number of nitrogens with zero attached hydrogens (tertiary/aromatic N) is 2. The summed E-state index contributed by atoms with van der Waals surface area (Å²) in [5, 5.41) is 3.36. The normalized spacial score (nSPS) is 27.5. The van der Waals surface area contributed by atoms with Crippen LogP contribution in [0, 0.1) is 0 Å². The highest BCUT2D eigenvalue weighted by molar-refractivity contribution is 5.94. The van der Waals surface area contributed by atoms with Crippen LogP contribution < -0.4 is 5.32 Å². The van der Waals surface area contributed by atoms with Crippen LogP contribution in [0.4, 0.5) is 0 Å². The molecule has 1 aromatic carbocycles. The Balaban J connectivity index is 1.38. The third-order valence-corrected chi connectivity index (χ3v) is 5.83. The molecule has 1 spiro atoms. The fourth-order valence-corrected chi connectivity index (χ4v) is 4.29. The van der Waals surface area contributed by atoms with Crippen LogP contribution in [0.5, 0.6) is 0 Å². The van der Waals surface area contributed by atoms with Crippen molar-refractivity contribution >= 4 is 5.91 Å². The molecule has 148 valence electrons. The van der Waals surface area contributed by atoms with Crippen LogP contribution in [0.25, 0.3) is 0 Å². The first-order valence-corrected chi connectivity index (χ1v) is 10.3. The van der Waals surface area contributed by atoms with E-state index in [2.05, 4.69) is 22.3 Å². The Morgan fingerprint density at radius 2 is 1.89 bits per heavy atom. The quantitative estimate of drug-likeness (QED) is 0.870. The maximum absolute atomic E-state index is 13.0. The topological polar surface area (TPSA) is 54.0 Å². The van der Waals surface area contributed by atoms with Crippen molar-refractivity contribution < 1.29 is 14.3 Å². The lowest BCUT2D eigenvalue weighted by Gasteiger charge is -2.41. The molecule has 1 atom stereocenters. The number of morpholine rings is 1. The van der Waals surface area contributed by atoms with Gasteiger partial charge in [-0.1, -0.05) is 18.6 Å². The lowest BCUT2D eigenvalue weighted by molar-refractivity contribution is -0.125. The number of hydrogen-bond acceptors (Lipinski definition) is 5. The lowest BCUT2D eigenvalue weighted by Crippen LogP contribution is -2.59. The third kappa shape index (κ3) is 4.69. The van der Waals surface area contributed by atoms with Crippen LogP contribution in [-0.4, -0.2) is 80.4 Å². The van der Waals surface area contributed by atoms with E-state index in [4.69, 9.17) is 9.47 Å². The van der Waals surface area contributed by atoms with Gasteiger partial charge in [-0.15, -0.1) is 0 Å². The van der Waals surface area contributed by atoms with Gasteiger partial charge >= 0.3 is 0 Å². The first kappa shape index (κ1) is 18.9. The molecule has 1 aromatic rings. The molecule has 1 unspecified atom stereocenters. The molecule has 3 aliphatic heterocycles. The number of nitrogens with one attached hydrogen (secondary N) is 1. The summed E-state index contributed by atoms with van der Waals surface area (Å²) < 4.78 is 11.7. The van der Waals surface area contributed by atoms with Crippen molar-refractivity contribution in [2.24, 2.45) is 0 Å². The molecule has 3 heterocycles. The Morgan fingerprint density at radius 1 is 1.07 bits per heavy atom. The van der Waals surface area contributed by atoms with Gasteiger partial charge in [0.25, 0.3) is 5.91 Å². The van der Waals surface area contributed by atoms with Crippen LogP contribution in [0.3, 0.4) is 0 Å².